The molecule has 0 aromatic heterocycles. The maximum absolute atomic E-state index is 11.6. The summed E-state index contributed by atoms with van der Waals surface area (Å²) in [6.07, 6.45) is 0. The van der Waals surface area contributed by atoms with Gasteiger partial charge in [0.1, 0.15) is 11.8 Å². The van der Waals surface area contributed by atoms with Gasteiger partial charge in [-0.1, -0.05) is 23.2 Å². The maximum atomic E-state index is 11.6. The number of carbonyl (C=O) groups is 2. The van der Waals surface area contributed by atoms with Gasteiger partial charge in [-0.05, 0) is 0 Å². The molecule has 0 unspecified atom stereocenters. The summed E-state index contributed by atoms with van der Waals surface area (Å²) in [4.78, 5) is 19.2. The number of hydrogen-bond donors (Lipinski definition) is 2. The van der Waals surface area contributed by atoms with Crippen molar-refractivity contribution in [1.82, 2.24) is 0 Å². The fourth-order valence-corrected chi connectivity index (χ4v) is 5.54. The Labute approximate surface area is 138 Å². The van der Waals surface area contributed by atoms with Gasteiger partial charge in [0.2, 0.25) is 5.79 Å². The molecule has 0 aromatic rings. The highest BCUT2D eigenvalue weighted by Gasteiger charge is 2.88. The number of rotatable bonds is 2. The molecule has 0 aromatic carbocycles. The van der Waals surface area contributed by atoms with E-state index < -0.39 is 39.3 Å². The maximum Gasteiger partial charge on any atom is 0.309 e. The molecular formula is C11H8Cl4O6. The molecule has 0 radical (unpaired) electrons. The van der Waals surface area contributed by atoms with Gasteiger partial charge in [0.05, 0.1) is 23.3 Å². The summed E-state index contributed by atoms with van der Waals surface area (Å²) < 4.78 is 10.9. The molecule has 1 heterocycles. The molecule has 21 heavy (non-hydrogen) atoms. The summed E-state index contributed by atoms with van der Waals surface area (Å²) in [5.41, 5.74) is 0. The van der Waals surface area contributed by atoms with E-state index in [9.17, 15) is 19.8 Å². The predicted octanol–water partition coefficient (Wildman–Crippen LogP) is 1.80. The van der Waals surface area contributed by atoms with Crippen LogP contribution in [-0.4, -0.2) is 50.9 Å². The van der Waals surface area contributed by atoms with Crippen LogP contribution in [0.25, 0.3) is 0 Å². The molecule has 2 fully saturated rings. The molecule has 1 spiro atoms. The average molecular weight is 378 g/mol. The topological polar surface area (TPSA) is 93.1 Å². The van der Waals surface area contributed by atoms with Crippen LogP contribution in [0.1, 0.15) is 0 Å². The average Bonchev–Trinajstić information content (AvgIpc) is 2.98. The Morgan fingerprint density at radius 1 is 0.952 bits per heavy atom. The molecule has 2 bridgehead atoms. The lowest BCUT2D eigenvalue weighted by Crippen LogP contribution is -2.56. The third kappa shape index (κ3) is 1.40. The summed E-state index contributed by atoms with van der Waals surface area (Å²) in [5.74, 6) is -8.17. The van der Waals surface area contributed by atoms with Crippen molar-refractivity contribution >= 4 is 58.3 Å². The fraction of sp³-hybridized carbons (Fsp3) is 0.636. The summed E-state index contributed by atoms with van der Waals surface area (Å²) in [5, 5.41) is 18.4. The zero-order valence-corrected chi connectivity index (χ0v) is 13.1. The van der Waals surface area contributed by atoms with E-state index in [1.165, 1.54) is 0 Å². The minimum absolute atomic E-state index is 0.0654. The third-order valence-electron chi connectivity index (χ3n) is 4.21. The monoisotopic (exact) mass is 376 g/mol. The number of carboxylic acid groups (broad SMARTS) is 2. The van der Waals surface area contributed by atoms with Crippen LogP contribution in [0.5, 0.6) is 0 Å². The van der Waals surface area contributed by atoms with E-state index >= 15 is 0 Å². The van der Waals surface area contributed by atoms with Crippen LogP contribution >= 0.6 is 46.4 Å². The largest absolute Gasteiger partial charge is 0.481 e. The molecule has 10 heteroatoms. The van der Waals surface area contributed by atoms with Crippen LogP contribution in [-0.2, 0) is 19.1 Å². The Balaban J connectivity index is 2.35. The molecule has 3 rings (SSSR count). The van der Waals surface area contributed by atoms with Crippen molar-refractivity contribution in [3.05, 3.63) is 10.1 Å². The lowest BCUT2D eigenvalue weighted by molar-refractivity contribution is -0.177. The van der Waals surface area contributed by atoms with E-state index in [-0.39, 0.29) is 23.3 Å². The summed E-state index contributed by atoms with van der Waals surface area (Å²) >= 11 is 25.1. The lowest BCUT2D eigenvalue weighted by Gasteiger charge is -2.38. The Morgan fingerprint density at radius 2 is 1.29 bits per heavy atom. The van der Waals surface area contributed by atoms with Crippen molar-refractivity contribution < 1.29 is 29.3 Å². The van der Waals surface area contributed by atoms with Crippen molar-refractivity contribution in [2.75, 3.05) is 13.2 Å². The molecule has 2 N–H and O–H groups in total. The van der Waals surface area contributed by atoms with E-state index in [0.717, 1.165) is 0 Å². The van der Waals surface area contributed by atoms with Crippen LogP contribution in [0.15, 0.2) is 10.1 Å². The van der Waals surface area contributed by atoms with Gasteiger partial charge in [-0.25, -0.2) is 0 Å². The number of hydrogen-bond acceptors (Lipinski definition) is 4. The third-order valence-corrected chi connectivity index (χ3v) is 6.82. The van der Waals surface area contributed by atoms with Crippen molar-refractivity contribution in [2.45, 2.75) is 15.5 Å². The van der Waals surface area contributed by atoms with E-state index in [2.05, 4.69) is 0 Å². The normalized spacial score (nSPS) is 43.8. The lowest BCUT2D eigenvalue weighted by atomic mass is 9.82. The van der Waals surface area contributed by atoms with Gasteiger partial charge in [-0.2, -0.15) is 0 Å². The molecular weight excluding hydrogens is 370 g/mol. The van der Waals surface area contributed by atoms with Crippen LogP contribution in [0.3, 0.4) is 0 Å². The number of ether oxygens (including phenoxy) is 2. The van der Waals surface area contributed by atoms with E-state index in [1.54, 1.807) is 0 Å². The molecule has 116 valence electrons. The SMILES string of the molecule is O=C(O)[C@H]1[C@H](C(=O)O)[C@@]2(Cl)C(Cl)=C(Cl)[C@]1(Cl)C21OCCO1. The number of carboxylic acids is 2. The molecule has 1 saturated heterocycles. The van der Waals surface area contributed by atoms with Gasteiger partial charge >= 0.3 is 11.9 Å². The minimum Gasteiger partial charge on any atom is -0.481 e. The molecule has 4 atom stereocenters. The Morgan fingerprint density at radius 3 is 1.57 bits per heavy atom. The van der Waals surface area contributed by atoms with Crippen LogP contribution in [0.4, 0.5) is 0 Å². The number of aliphatic carboxylic acids is 2. The molecule has 6 nitrogen and oxygen atoms in total. The van der Waals surface area contributed by atoms with Crippen molar-refractivity contribution in [1.29, 1.82) is 0 Å². The summed E-state index contributed by atoms with van der Waals surface area (Å²) in [6, 6.07) is 0. The second-order valence-electron chi connectivity index (χ2n) is 5.00. The van der Waals surface area contributed by atoms with Crippen LogP contribution in [0.2, 0.25) is 0 Å². The summed E-state index contributed by atoms with van der Waals surface area (Å²) in [6.45, 7) is 0.131. The second-order valence-corrected chi connectivity index (χ2v) is 6.95. The highest BCUT2D eigenvalue weighted by Crippen LogP contribution is 2.74. The van der Waals surface area contributed by atoms with Gasteiger partial charge in [0, 0.05) is 0 Å². The first-order chi connectivity index (χ1) is 9.66. The molecule has 0 amide bonds. The molecule has 1 saturated carbocycles. The van der Waals surface area contributed by atoms with Crippen molar-refractivity contribution in [2.24, 2.45) is 11.8 Å². The quantitative estimate of drug-likeness (QED) is 0.713. The highest BCUT2D eigenvalue weighted by atomic mass is 35.5. The predicted molar refractivity (Wildman–Crippen MR) is 72.8 cm³/mol. The Bertz CT molecular complexity index is 541. The van der Waals surface area contributed by atoms with Crippen LogP contribution in [0, 0.1) is 11.8 Å². The first kappa shape index (κ1) is 15.6. The van der Waals surface area contributed by atoms with Gasteiger partial charge < -0.3 is 19.7 Å². The van der Waals surface area contributed by atoms with E-state index in [1.807, 2.05) is 0 Å². The second kappa shape index (κ2) is 4.40. The Hall–Kier alpha value is -0.240. The zero-order valence-electron chi connectivity index (χ0n) is 10.1. The smallest absolute Gasteiger partial charge is 0.309 e. The van der Waals surface area contributed by atoms with Gasteiger partial charge in [0.25, 0.3) is 0 Å². The van der Waals surface area contributed by atoms with Gasteiger partial charge in [-0.15, -0.1) is 23.2 Å². The van der Waals surface area contributed by atoms with E-state index in [4.69, 9.17) is 55.9 Å². The standard InChI is InChI=1S/C11H8Cl4O6/c12-5-6(13)10(15)4(8(18)19)3(7(16)17)9(5,14)11(10)20-1-2-21-11/h3-4H,1-2H2,(H,16,17)(H,18,19)/t3-,4-,9-,10+/m1/s1. The van der Waals surface area contributed by atoms with Crippen LogP contribution < -0.4 is 0 Å². The highest BCUT2D eigenvalue weighted by molar-refractivity contribution is 6.53. The molecule has 3 aliphatic rings. The van der Waals surface area contributed by atoms with Gasteiger partial charge in [-0.3, -0.25) is 9.59 Å². The van der Waals surface area contributed by atoms with E-state index in [0.29, 0.717) is 0 Å². The minimum atomic E-state index is -2.00. The number of halogens is 4. The first-order valence-electron chi connectivity index (χ1n) is 5.84. The van der Waals surface area contributed by atoms with Crippen molar-refractivity contribution in [3.63, 3.8) is 0 Å². The van der Waals surface area contributed by atoms with Crippen molar-refractivity contribution in [3.8, 4) is 0 Å². The first-order valence-corrected chi connectivity index (χ1v) is 7.35. The number of alkyl halides is 2. The Kier molecular flexibility index (Phi) is 3.28. The molecule has 2 aliphatic carbocycles. The zero-order chi connectivity index (χ0) is 15.8. The van der Waals surface area contributed by atoms with Gasteiger partial charge in [0.15, 0.2) is 9.75 Å². The fourth-order valence-electron chi connectivity index (χ4n) is 3.47. The summed E-state index contributed by atoms with van der Waals surface area (Å²) in [7, 11) is 0. The molecule has 1 aliphatic heterocycles.